The Morgan fingerprint density at radius 3 is 0.785 bits per heavy atom. The highest BCUT2D eigenvalue weighted by Gasteiger charge is 2.27. The van der Waals surface area contributed by atoms with Crippen molar-refractivity contribution < 1.29 is 8.83 Å². The minimum absolute atomic E-state index is 0.0619. The van der Waals surface area contributed by atoms with E-state index >= 15 is 0 Å². The van der Waals surface area contributed by atoms with Crippen molar-refractivity contribution in [1.29, 1.82) is 0 Å². The smallest absolute Gasteiger partial charge is 0.137 e. The molecule has 0 saturated heterocycles. The van der Waals surface area contributed by atoms with Crippen LogP contribution in [-0.2, 0) is 10.8 Å². The van der Waals surface area contributed by atoms with Crippen molar-refractivity contribution in [2.75, 3.05) is 19.6 Å². The molecule has 4 aromatic heterocycles. The Bertz CT molecular complexity index is 6760. The fourth-order valence-electron chi connectivity index (χ4n) is 16.1. The summed E-state index contributed by atoms with van der Waals surface area (Å²) in [6.07, 6.45) is 0. The van der Waals surface area contributed by atoms with E-state index in [0.717, 1.165) is 123 Å². The van der Waals surface area contributed by atoms with Crippen molar-refractivity contribution in [1.82, 2.24) is 0 Å². The van der Waals surface area contributed by atoms with E-state index in [-0.39, 0.29) is 10.8 Å². The third kappa shape index (κ3) is 11.2. The molecule has 16 aromatic carbocycles. The van der Waals surface area contributed by atoms with E-state index in [9.17, 15) is 0 Å². The predicted molar refractivity (Wildman–Crippen MR) is 458 cm³/mol. The fraction of sp³-hybridized carbons (Fsp3) is 0.0707. The van der Waals surface area contributed by atoms with E-state index in [1.807, 2.05) is 22.7 Å². The molecule has 512 valence electrons. The molecule has 6 nitrogen and oxygen atoms in total. The van der Waals surface area contributed by atoms with Crippen molar-refractivity contribution in [3.8, 4) is 0 Å². The van der Waals surface area contributed by atoms with Gasteiger partial charge in [-0.15, -0.1) is 22.7 Å². The lowest BCUT2D eigenvalue weighted by molar-refractivity contribution is 0.590. The summed E-state index contributed by atoms with van der Waals surface area (Å²) in [7, 11) is 0. The SMILES string of the molecule is CC(C)(C)c1ccc(N(c2ccccc2)c2ccc3c(c2)oc2cc4cc5sc6cc(N(c7ccccc7)c7ccc(C(C)(C)c8ccc(N(c9ccccc9)c9ccc%10c(c9)sc9cc%11cc%12oc%13cc(N(c%14ccccc%14)c%14ccccc%14)ccc%13c%12cc%11cc9%10)cc8)cc7)ccc6c5cc4cc23)cc1. The van der Waals surface area contributed by atoms with Gasteiger partial charge in [0.2, 0.25) is 0 Å². The summed E-state index contributed by atoms with van der Waals surface area (Å²) in [4.78, 5) is 9.36. The minimum atomic E-state index is -0.305. The molecule has 20 aromatic rings. The van der Waals surface area contributed by atoms with E-state index in [1.54, 1.807) is 0 Å². The molecule has 8 heteroatoms. The van der Waals surface area contributed by atoms with Gasteiger partial charge in [-0.25, -0.2) is 0 Å². The van der Waals surface area contributed by atoms with Crippen LogP contribution in [0.3, 0.4) is 0 Å². The molecule has 4 heterocycles. The summed E-state index contributed by atoms with van der Waals surface area (Å²) in [5.41, 5.74) is 20.1. The van der Waals surface area contributed by atoms with E-state index in [0.29, 0.717) is 0 Å². The summed E-state index contributed by atoms with van der Waals surface area (Å²) in [5, 5.41) is 14.2. The average Bonchev–Trinajstić information content (AvgIpc) is 1.62. The molecule has 0 fully saturated rings. The van der Waals surface area contributed by atoms with Crippen LogP contribution in [0, 0.1) is 0 Å². The van der Waals surface area contributed by atoms with Gasteiger partial charge < -0.3 is 28.4 Å². The summed E-state index contributed by atoms with van der Waals surface area (Å²) in [6.45, 7) is 11.5. The number of fused-ring (bicyclic) bond motifs is 14. The second-order valence-electron chi connectivity index (χ2n) is 29.8. The maximum absolute atomic E-state index is 6.79. The maximum Gasteiger partial charge on any atom is 0.137 e. The van der Waals surface area contributed by atoms with Gasteiger partial charge in [-0.05, 0) is 238 Å². The molecule has 0 N–H and O–H groups in total. The number of rotatable bonds is 14. The molecule has 0 aliphatic rings. The highest BCUT2D eigenvalue weighted by molar-refractivity contribution is 7.26. The highest BCUT2D eigenvalue weighted by atomic mass is 32.1. The van der Waals surface area contributed by atoms with Crippen LogP contribution in [0.5, 0.6) is 0 Å². The van der Waals surface area contributed by atoms with Crippen molar-refractivity contribution in [3.05, 3.63) is 362 Å². The summed E-state index contributed by atoms with van der Waals surface area (Å²) in [6, 6.07) is 126. The van der Waals surface area contributed by atoms with Crippen LogP contribution in [0.15, 0.2) is 355 Å². The standard InChI is InChI=1S/C99H72N4O2S2/c1-98(2,3)67-31-37-75(38-32-67)101(72-25-15-8-16-26-72)79-44-48-83-87-52-64-54-89-85-50-46-81(62-97(85)107-95(89)58-66(64)56-91(87)105-93(83)60-79)103(74-29-19-10-20-30-74)77-41-35-69(36-42-77)99(4,5)68-33-39-76(40-34-68)102(73-27-17-9-18-28-73)80-45-49-84-88-53-63-51-86-82-47-43-78(100(70-21-11-6-12-22-70)71-23-13-7-14-24-71)59-92(82)104-90(86)55-65(63)57-94(88)106-96(84)61-80/h6-62H,1-5H3. The number of furan rings is 2. The molecule has 0 aliphatic heterocycles. The van der Waals surface area contributed by atoms with Gasteiger partial charge in [0.1, 0.15) is 22.3 Å². The van der Waals surface area contributed by atoms with E-state index in [2.05, 4.69) is 400 Å². The fourth-order valence-corrected chi connectivity index (χ4v) is 18.4. The van der Waals surface area contributed by atoms with E-state index < -0.39 is 0 Å². The van der Waals surface area contributed by atoms with Gasteiger partial charge in [-0.1, -0.05) is 174 Å². The van der Waals surface area contributed by atoms with Crippen LogP contribution in [0.25, 0.3) is 106 Å². The Morgan fingerprint density at radius 1 is 0.206 bits per heavy atom. The predicted octanol–water partition coefficient (Wildman–Crippen LogP) is 30.0. The molecule has 20 rings (SSSR count). The van der Waals surface area contributed by atoms with E-state index in [4.69, 9.17) is 8.83 Å². The second-order valence-corrected chi connectivity index (χ2v) is 31.9. The quantitative estimate of drug-likeness (QED) is 0.108. The molecule has 0 radical (unpaired) electrons. The maximum atomic E-state index is 6.79. The topological polar surface area (TPSA) is 39.2 Å². The lowest BCUT2D eigenvalue weighted by atomic mass is 9.78. The first-order valence-electron chi connectivity index (χ1n) is 36.7. The highest BCUT2D eigenvalue weighted by Crippen LogP contribution is 2.49. The molecule has 0 saturated carbocycles. The number of benzene rings is 16. The molecule has 0 aliphatic carbocycles. The van der Waals surface area contributed by atoms with Crippen molar-refractivity contribution >= 4 is 197 Å². The molecule has 0 amide bonds. The lowest BCUT2D eigenvalue weighted by Crippen LogP contribution is -2.19. The average molecular weight is 1410 g/mol. The first-order valence-corrected chi connectivity index (χ1v) is 38.3. The Morgan fingerprint density at radius 2 is 0.458 bits per heavy atom. The summed E-state index contributed by atoms with van der Waals surface area (Å²) in [5.74, 6) is 0. The molecule has 107 heavy (non-hydrogen) atoms. The third-order valence-electron chi connectivity index (χ3n) is 21.8. The monoisotopic (exact) mass is 1410 g/mol. The van der Waals surface area contributed by atoms with E-state index in [1.165, 1.54) is 67.8 Å². The van der Waals surface area contributed by atoms with Gasteiger partial charge in [-0.2, -0.15) is 0 Å². The van der Waals surface area contributed by atoms with Crippen molar-refractivity contribution in [2.24, 2.45) is 0 Å². The zero-order valence-corrected chi connectivity index (χ0v) is 61.5. The number of hydrogen-bond donors (Lipinski definition) is 0. The normalized spacial score (nSPS) is 12.2. The molecule has 0 atom stereocenters. The Balaban J connectivity index is 0.574. The number of thiophene rings is 2. The second kappa shape index (κ2) is 25.3. The van der Waals surface area contributed by atoms with Crippen LogP contribution in [0.1, 0.15) is 51.3 Å². The number of anilines is 12. The molecule has 0 unspecified atom stereocenters. The number of hydrogen-bond acceptors (Lipinski definition) is 8. The Labute approximate surface area is 628 Å². The third-order valence-corrected chi connectivity index (χ3v) is 24.0. The van der Waals surface area contributed by atoms with Crippen molar-refractivity contribution in [3.63, 3.8) is 0 Å². The van der Waals surface area contributed by atoms with Crippen LogP contribution in [0.2, 0.25) is 0 Å². The lowest BCUT2D eigenvalue weighted by Gasteiger charge is -2.30. The van der Waals surface area contributed by atoms with Gasteiger partial charge in [0.25, 0.3) is 0 Å². The zero-order chi connectivity index (χ0) is 71.7. The van der Waals surface area contributed by atoms with Crippen molar-refractivity contribution in [2.45, 2.75) is 45.4 Å². The van der Waals surface area contributed by atoms with Gasteiger partial charge >= 0.3 is 0 Å². The summed E-state index contributed by atoms with van der Waals surface area (Å²) >= 11 is 3.69. The molecule has 0 bridgehead atoms. The molecular formula is C99H72N4O2S2. The Kier molecular flexibility index (Phi) is 15.1. The van der Waals surface area contributed by atoms with Crippen LogP contribution >= 0.6 is 22.7 Å². The zero-order valence-electron chi connectivity index (χ0n) is 59.8. The first kappa shape index (κ1) is 63.9. The number of nitrogens with zero attached hydrogens (tertiary/aromatic N) is 4. The van der Waals surface area contributed by atoms with Gasteiger partial charge in [0.05, 0.1) is 0 Å². The van der Waals surface area contributed by atoms with Crippen LogP contribution in [0.4, 0.5) is 68.2 Å². The molecule has 0 spiro atoms. The largest absolute Gasteiger partial charge is 0.456 e. The number of para-hydroxylation sites is 5. The Hall–Kier alpha value is -12.7. The van der Waals surface area contributed by atoms with Gasteiger partial charge in [0, 0.05) is 148 Å². The van der Waals surface area contributed by atoms with Crippen LogP contribution in [-0.4, -0.2) is 0 Å². The van der Waals surface area contributed by atoms with Gasteiger partial charge in [0.15, 0.2) is 0 Å². The minimum Gasteiger partial charge on any atom is -0.456 e. The van der Waals surface area contributed by atoms with Crippen LogP contribution < -0.4 is 19.6 Å². The van der Waals surface area contributed by atoms with Gasteiger partial charge in [-0.3, -0.25) is 0 Å². The molecular weight excluding hydrogens is 1340 g/mol. The first-order chi connectivity index (χ1) is 52.3. The summed E-state index contributed by atoms with van der Waals surface area (Å²) < 4.78 is 18.5.